The van der Waals surface area contributed by atoms with E-state index in [2.05, 4.69) is 22.0 Å². The van der Waals surface area contributed by atoms with E-state index in [1.165, 1.54) is 30.3 Å². The summed E-state index contributed by atoms with van der Waals surface area (Å²) in [6, 6.07) is 8.14. The van der Waals surface area contributed by atoms with E-state index in [4.69, 9.17) is 5.73 Å². The zero-order chi connectivity index (χ0) is 11.7. The fraction of sp³-hybridized carbons (Fsp3) is 0.357. The van der Waals surface area contributed by atoms with Gasteiger partial charge in [-0.3, -0.25) is 4.98 Å². The first-order chi connectivity index (χ1) is 8.36. The van der Waals surface area contributed by atoms with Gasteiger partial charge in [0.2, 0.25) is 0 Å². The monoisotopic (exact) mass is 227 g/mol. The van der Waals surface area contributed by atoms with E-state index in [9.17, 15) is 0 Å². The van der Waals surface area contributed by atoms with Gasteiger partial charge in [0.1, 0.15) is 0 Å². The lowest BCUT2D eigenvalue weighted by molar-refractivity contribution is 0.579. The molecule has 0 aliphatic carbocycles. The maximum Gasteiger partial charge on any atom is 0.0951 e. The zero-order valence-electron chi connectivity index (χ0n) is 9.89. The van der Waals surface area contributed by atoms with E-state index in [0.29, 0.717) is 0 Å². The standard InChI is InChI=1S/C14H17N3/c15-12-6-4-5-11-13(7-8-16-14(11)12)17-9-2-1-3-10-17/h4-8H,1-3,9-10,15H2. The molecule has 1 aromatic heterocycles. The van der Waals surface area contributed by atoms with Gasteiger partial charge in [-0.2, -0.15) is 0 Å². The van der Waals surface area contributed by atoms with Crippen LogP contribution in [0.5, 0.6) is 0 Å². The Balaban J connectivity index is 2.12. The number of nitrogen functional groups attached to an aromatic ring is 1. The molecule has 0 radical (unpaired) electrons. The Labute approximate surface area is 101 Å². The van der Waals surface area contributed by atoms with Gasteiger partial charge in [-0.1, -0.05) is 12.1 Å². The molecule has 1 aromatic carbocycles. The summed E-state index contributed by atoms with van der Waals surface area (Å²) in [5.74, 6) is 0. The summed E-state index contributed by atoms with van der Waals surface area (Å²) in [5, 5.41) is 1.18. The fourth-order valence-electron chi connectivity index (χ4n) is 2.59. The highest BCUT2D eigenvalue weighted by Gasteiger charge is 2.14. The molecule has 0 saturated carbocycles. The molecule has 0 amide bonds. The average Bonchev–Trinajstić information content (AvgIpc) is 2.40. The van der Waals surface area contributed by atoms with Crippen molar-refractivity contribution in [2.24, 2.45) is 0 Å². The van der Waals surface area contributed by atoms with Crippen molar-refractivity contribution in [2.75, 3.05) is 23.7 Å². The van der Waals surface area contributed by atoms with Crippen molar-refractivity contribution < 1.29 is 0 Å². The lowest BCUT2D eigenvalue weighted by atomic mass is 10.1. The third-order valence-electron chi connectivity index (χ3n) is 3.48. The van der Waals surface area contributed by atoms with E-state index in [-0.39, 0.29) is 0 Å². The predicted octanol–water partition coefficient (Wildman–Crippen LogP) is 2.81. The Bertz CT molecular complexity index is 530. The Morgan fingerprint density at radius 1 is 1.06 bits per heavy atom. The second-order valence-corrected chi connectivity index (χ2v) is 4.62. The number of para-hydroxylation sites is 1. The molecule has 1 saturated heterocycles. The first kappa shape index (κ1) is 10.4. The number of nitrogens with two attached hydrogens (primary N) is 1. The van der Waals surface area contributed by atoms with Crippen LogP contribution in [0.15, 0.2) is 30.5 Å². The third kappa shape index (κ3) is 1.82. The maximum atomic E-state index is 5.97. The number of aromatic nitrogens is 1. The summed E-state index contributed by atoms with van der Waals surface area (Å²) in [5.41, 5.74) is 8.94. The molecule has 3 rings (SSSR count). The molecule has 0 spiro atoms. The van der Waals surface area contributed by atoms with Crippen LogP contribution in [0.2, 0.25) is 0 Å². The lowest BCUT2D eigenvalue weighted by Crippen LogP contribution is -2.29. The smallest absolute Gasteiger partial charge is 0.0951 e. The van der Waals surface area contributed by atoms with E-state index < -0.39 is 0 Å². The van der Waals surface area contributed by atoms with E-state index in [1.807, 2.05) is 18.3 Å². The molecule has 0 unspecified atom stereocenters. The zero-order valence-corrected chi connectivity index (χ0v) is 9.89. The van der Waals surface area contributed by atoms with Gasteiger partial charge in [-0.25, -0.2) is 0 Å². The predicted molar refractivity (Wildman–Crippen MR) is 72.2 cm³/mol. The minimum absolute atomic E-state index is 0.765. The molecule has 3 heteroatoms. The van der Waals surface area contributed by atoms with Gasteiger partial charge >= 0.3 is 0 Å². The first-order valence-electron chi connectivity index (χ1n) is 6.24. The summed E-state index contributed by atoms with van der Waals surface area (Å²) >= 11 is 0. The number of rotatable bonds is 1. The summed E-state index contributed by atoms with van der Waals surface area (Å²) in [6.07, 6.45) is 5.78. The van der Waals surface area contributed by atoms with Gasteiger partial charge in [-0.15, -0.1) is 0 Å². The number of hydrogen-bond donors (Lipinski definition) is 1. The number of benzene rings is 1. The topological polar surface area (TPSA) is 42.1 Å². The molecule has 1 aliphatic heterocycles. The Hall–Kier alpha value is -1.77. The van der Waals surface area contributed by atoms with Crippen LogP contribution in [-0.4, -0.2) is 18.1 Å². The summed E-state index contributed by atoms with van der Waals surface area (Å²) in [6.45, 7) is 2.29. The highest BCUT2D eigenvalue weighted by atomic mass is 15.1. The van der Waals surface area contributed by atoms with Crippen LogP contribution in [-0.2, 0) is 0 Å². The van der Waals surface area contributed by atoms with E-state index in [1.54, 1.807) is 0 Å². The fourth-order valence-corrected chi connectivity index (χ4v) is 2.59. The molecule has 1 fully saturated rings. The van der Waals surface area contributed by atoms with Gasteiger partial charge in [0.05, 0.1) is 11.2 Å². The number of fused-ring (bicyclic) bond motifs is 1. The minimum atomic E-state index is 0.765. The van der Waals surface area contributed by atoms with Gasteiger partial charge in [0, 0.05) is 30.4 Å². The molecule has 3 nitrogen and oxygen atoms in total. The van der Waals surface area contributed by atoms with Crippen molar-refractivity contribution >= 4 is 22.3 Å². The maximum absolute atomic E-state index is 5.97. The Kier molecular flexibility index (Phi) is 2.59. The van der Waals surface area contributed by atoms with Crippen molar-refractivity contribution in [1.29, 1.82) is 0 Å². The largest absolute Gasteiger partial charge is 0.397 e. The first-order valence-corrected chi connectivity index (χ1v) is 6.24. The molecule has 2 heterocycles. The van der Waals surface area contributed by atoms with Crippen molar-refractivity contribution in [1.82, 2.24) is 4.98 Å². The average molecular weight is 227 g/mol. The summed E-state index contributed by atoms with van der Waals surface area (Å²) in [4.78, 5) is 6.84. The quantitative estimate of drug-likeness (QED) is 0.762. The van der Waals surface area contributed by atoms with Crippen LogP contribution in [0.25, 0.3) is 10.9 Å². The second-order valence-electron chi connectivity index (χ2n) is 4.62. The SMILES string of the molecule is Nc1cccc2c(N3CCCCC3)ccnc12. The molecule has 17 heavy (non-hydrogen) atoms. The lowest BCUT2D eigenvalue weighted by Gasteiger charge is -2.29. The van der Waals surface area contributed by atoms with Crippen LogP contribution in [0.4, 0.5) is 11.4 Å². The van der Waals surface area contributed by atoms with Crippen LogP contribution >= 0.6 is 0 Å². The van der Waals surface area contributed by atoms with E-state index in [0.717, 1.165) is 24.3 Å². The number of pyridine rings is 1. The van der Waals surface area contributed by atoms with Crippen LogP contribution in [0.3, 0.4) is 0 Å². The van der Waals surface area contributed by atoms with Gasteiger partial charge < -0.3 is 10.6 Å². The van der Waals surface area contributed by atoms with Gasteiger partial charge in [0.25, 0.3) is 0 Å². The minimum Gasteiger partial charge on any atom is -0.397 e. The van der Waals surface area contributed by atoms with Crippen molar-refractivity contribution in [3.05, 3.63) is 30.5 Å². The van der Waals surface area contributed by atoms with Gasteiger partial charge in [0.15, 0.2) is 0 Å². The number of nitrogens with zero attached hydrogens (tertiary/aromatic N) is 2. The van der Waals surface area contributed by atoms with Crippen LogP contribution < -0.4 is 10.6 Å². The van der Waals surface area contributed by atoms with E-state index >= 15 is 0 Å². The molecule has 0 atom stereocenters. The van der Waals surface area contributed by atoms with Gasteiger partial charge in [-0.05, 0) is 31.4 Å². The molecule has 2 aromatic rings. The van der Waals surface area contributed by atoms with Crippen molar-refractivity contribution in [3.63, 3.8) is 0 Å². The Morgan fingerprint density at radius 2 is 1.88 bits per heavy atom. The molecule has 2 N–H and O–H groups in total. The third-order valence-corrected chi connectivity index (χ3v) is 3.48. The molecular formula is C14H17N3. The molecule has 1 aliphatic rings. The summed E-state index contributed by atoms with van der Waals surface area (Å²) < 4.78 is 0. The highest BCUT2D eigenvalue weighted by molar-refractivity contribution is 5.98. The second kappa shape index (κ2) is 4.24. The van der Waals surface area contributed by atoms with Crippen LogP contribution in [0, 0.1) is 0 Å². The Morgan fingerprint density at radius 3 is 2.71 bits per heavy atom. The van der Waals surface area contributed by atoms with Crippen molar-refractivity contribution in [2.45, 2.75) is 19.3 Å². The number of anilines is 2. The highest BCUT2D eigenvalue weighted by Crippen LogP contribution is 2.29. The molecule has 88 valence electrons. The van der Waals surface area contributed by atoms with Crippen LogP contribution in [0.1, 0.15) is 19.3 Å². The number of piperidine rings is 1. The summed E-state index contributed by atoms with van der Waals surface area (Å²) in [7, 11) is 0. The molecule has 0 bridgehead atoms. The number of hydrogen-bond acceptors (Lipinski definition) is 3. The van der Waals surface area contributed by atoms with Crippen molar-refractivity contribution in [3.8, 4) is 0 Å². The molecular weight excluding hydrogens is 210 g/mol. The normalized spacial score (nSPS) is 16.4.